The summed E-state index contributed by atoms with van der Waals surface area (Å²) in [4.78, 5) is 24.2. The number of amides is 1. The van der Waals surface area contributed by atoms with E-state index in [1.807, 2.05) is 0 Å². The second kappa shape index (κ2) is 5.69. The lowest BCUT2D eigenvalue weighted by atomic mass is 10.1. The Bertz CT molecular complexity index is 496. The van der Waals surface area contributed by atoms with Crippen molar-refractivity contribution in [2.24, 2.45) is 0 Å². The Hall–Kier alpha value is -2.11. The molecule has 1 heterocycles. The highest BCUT2D eigenvalue weighted by atomic mass is 16.6. The van der Waals surface area contributed by atoms with Gasteiger partial charge in [0, 0.05) is 19.2 Å². The van der Waals surface area contributed by atoms with Gasteiger partial charge in [-0.1, -0.05) is 12.1 Å². The van der Waals surface area contributed by atoms with Crippen LogP contribution in [0, 0.1) is 17.0 Å². The normalized spacial score (nSPS) is 14.5. The summed E-state index contributed by atoms with van der Waals surface area (Å²) in [5, 5.41) is 13.9. The van der Waals surface area contributed by atoms with E-state index >= 15 is 0 Å². The molecule has 0 bridgehead atoms. The number of carbonyl (C=O) groups is 1. The highest BCUT2D eigenvalue weighted by Gasteiger charge is 2.20. The van der Waals surface area contributed by atoms with E-state index in [4.69, 9.17) is 0 Å². The van der Waals surface area contributed by atoms with Gasteiger partial charge in [0.25, 0.3) is 5.69 Å². The van der Waals surface area contributed by atoms with E-state index in [9.17, 15) is 14.9 Å². The third-order valence-corrected chi connectivity index (χ3v) is 3.32. The molecular formula is C13H17N3O3. The number of hydrogen-bond acceptors (Lipinski definition) is 4. The summed E-state index contributed by atoms with van der Waals surface area (Å²) < 4.78 is 0. The van der Waals surface area contributed by atoms with Gasteiger partial charge in [-0.2, -0.15) is 0 Å². The fourth-order valence-electron chi connectivity index (χ4n) is 2.28. The molecule has 1 fully saturated rings. The highest BCUT2D eigenvalue weighted by Crippen LogP contribution is 2.27. The molecule has 1 aliphatic heterocycles. The molecule has 102 valence electrons. The van der Waals surface area contributed by atoms with Gasteiger partial charge >= 0.3 is 0 Å². The van der Waals surface area contributed by atoms with Crippen molar-refractivity contribution < 1.29 is 9.72 Å². The molecule has 1 aliphatic rings. The molecule has 19 heavy (non-hydrogen) atoms. The number of nitrogens with zero attached hydrogens (tertiary/aromatic N) is 2. The van der Waals surface area contributed by atoms with Crippen molar-refractivity contribution in [1.29, 1.82) is 0 Å². The zero-order chi connectivity index (χ0) is 13.8. The average molecular weight is 263 g/mol. The standard InChI is InChI=1S/C13H17N3O3/c1-10-5-4-6-11(16(18)19)13(10)14-9-12(17)15-7-2-3-8-15/h4-6,14H,2-3,7-9H2,1H3. The van der Waals surface area contributed by atoms with Crippen molar-refractivity contribution in [3.05, 3.63) is 33.9 Å². The van der Waals surface area contributed by atoms with Crippen molar-refractivity contribution in [3.8, 4) is 0 Å². The van der Waals surface area contributed by atoms with Crippen molar-refractivity contribution in [3.63, 3.8) is 0 Å². The largest absolute Gasteiger partial charge is 0.370 e. The Morgan fingerprint density at radius 2 is 2.11 bits per heavy atom. The first-order valence-electron chi connectivity index (χ1n) is 6.35. The molecule has 1 saturated heterocycles. The monoisotopic (exact) mass is 263 g/mol. The maximum absolute atomic E-state index is 11.9. The number of anilines is 1. The molecule has 1 aromatic rings. The molecule has 1 amide bonds. The zero-order valence-corrected chi connectivity index (χ0v) is 10.9. The van der Waals surface area contributed by atoms with Crippen LogP contribution in [0.1, 0.15) is 18.4 Å². The minimum atomic E-state index is -0.435. The van der Waals surface area contributed by atoms with Gasteiger partial charge in [-0.3, -0.25) is 14.9 Å². The summed E-state index contributed by atoms with van der Waals surface area (Å²) in [7, 11) is 0. The summed E-state index contributed by atoms with van der Waals surface area (Å²) >= 11 is 0. The van der Waals surface area contributed by atoms with Crippen LogP contribution in [-0.2, 0) is 4.79 Å². The number of benzene rings is 1. The van der Waals surface area contributed by atoms with E-state index in [-0.39, 0.29) is 18.1 Å². The van der Waals surface area contributed by atoms with Crippen molar-refractivity contribution in [1.82, 2.24) is 4.90 Å². The lowest BCUT2D eigenvalue weighted by Crippen LogP contribution is -2.33. The molecule has 1 aromatic carbocycles. The predicted molar refractivity (Wildman–Crippen MR) is 72.1 cm³/mol. The molecule has 6 heteroatoms. The van der Waals surface area contributed by atoms with Crippen LogP contribution in [0.4, 0.5) is 11.4 Å². The number of rotatable bonds is 4. The van der Waals surface area contributed by atoms with Crippen LogP contribution in [0.5, 0.6) is 0 Å². The van der Waals surface area contributed by atoms with Gasteiger partial charge in [0.2, 0.25) is 5.91 Å². The van der Waals surface area contributed by atoms with E-state index in [1.54, 1.807) is 24.0 Å². The number of carbonyl (C=O) groups excluding carboxylic acids is 1. The Labute approximate surface area is 111 Å². The number of likely N-dealkylation sites (tertiary alicyclic amines) is 1. The van der Waals surface area contributed by atoms with Crippen LogP contribution in [0.2, 0.25) is 0 Å². The Kier molecular flexibility index (Phi) is 3.99. The molecule has 0 aromatic heterocycles. The zero-order valence-electron chi connectivity index (χ0n) is 10.9. The third kappa shape index (κ3) is 3.01. The Morgan fingerprint density at radius 3 is 2.74 bits per heavy atom. The number of aryl methyl sites for hydroxylation is 1. The number of nitro groups is 1. The molecule has 2 rings (SSSR count). The van der Waals surface area contributed by atoms with Crippen molar-refractivity contribution >= 4 is 17.3 Å². The summed E-state index contributed by atoms with van der Waals surface area (Å²) in [6.07, 6.45) is 2.08. The number of para-hydroxylation sites is 1. The topological polar surface area (TPSA) is 75.5 Å². The smallest absolute Gasteiger partial charge is 0.292 e. The van der Waals surface area contributed by atoms with Gasteiger partial charge in [-0.25, -0.2) is 0 Å². The fourth-order valence-corrected chi connectivity index (χ4v) is 2.28. The molecule has 0 spiro atoms. The maximum atomic E-state index is 11.9. The molecule has 0 saturated carbocycles. The quantitative estimate of drug-likeness (QED) is 0.665. The Balaban J connectivity index is 2.06. The second-order valence-corrected chi connectivity index (χ2v) is 4.67. The average Bonchev–Trinajstić information content (AvgIpc) is 2.90. The highest BCUT2D eigenvalue weighted by molar-refractivity contribution is 5.82. The number of nitro benzene ring substituents is 1. The van der Waals surface area contributed by atoms with Gasteiger partial charge in [-0.05, 0) is 25.3 Å². The van der Waals surface area contributed by atoms with E-state index in [0.717, 1.165) is 31.5 Å². The van der Waals surface area contributed by atoms with Crippen molar-refractivity contribution in [2.45, 2.75) is 19.8 Å². The number of hydrogen-bond donors (Lipinski definition) is 1. The fraction of sp³-hybridized carbons (Fsp3) is 0.462. The van der Waals surface area contributed by atoms with E-state index in [2.05, 4.69) is 5.32 Å². The van der Waals surface area contributed by atoms with Crippen molar-refractivity contribution in [2.75, 3.05) is 25.0 Å². The van der Waals surface area contributed by atoms with Crippen LogP contribution >= 0.6 is 0 Å². The molecule has 0 aliphatic carbocycles. The minimum Gasteiger partial charge on any atom is -0.370 e. The summed E-state index contributed by atoms with van der Waals surface area (Å²) in [5.41, 5.74) is 1.21. The van der Waals surface area contributed by atoms with Crippen LogP contribution in [0.3, 0.4) is 0 Å². The van der Waals surface area contributed by atoms with E-state index in [0.29, 0.717) is 5.69 Å². The van der Waals surface area contributed by atoms with Crippen LogP contribution < -0.4 is 5.32 Å². The van der Waals surface area contributed by atoms with Crippen LogP contribution in [0.25, 0.3) is 0 Å². The van der Waals surface area contributed by atoms with Gasteiger partial charge in [0.1, 0.15) is 5.69 Å². The SMILES string of the molecule is Cc1cccc([N+](=O)[O-])c1NCC(=O)N1CCCC1. The summed E-state index contributed by atoms with van der Waals surface area (Å²) in [6.45, 7) is 3.47. The van der Waals surface area contributed by atoms with Crippen LogP contribution in [-0.4, -0.2) is 35.4 Å². The molecule has 6 nitrogen and oxygen atoms in total. The Morgan fingerprint density at radius 1 is 1.42 bits per heavy atom. The van der Waals surface area contributed by atoms with Gasteiger partial charge < -0.3 is 10.2 Å². The second-order valence-electron chi connectivity index (χ2n) is 4.67. The molecule has 0 atom stereocenters. The molecule has 0 unspecified atom stereocenters. The molecule has 0 radical (unpaired) electrons. The summed E-state index contributed by atoms with van der Waals surface area (Å²) in [6, 6.07) is 4.87. The molecular weight excluding hydrogens is 246 g/mol. The van der Waals surface area contributed by atoms with Gasteiger partial charge in [-0.15, -0.1) is 0 Å². The van der Waals surface area contributed by atoms with Gasteiger partial charge in [0.15, 0.2) is 0 Å². The third-order valence-electron chi connectivity index (χ3n) is 3.32. The summed E-state index contributed by atoms with van der Waals surface area (Å²) in [5.74, 6) is -0.00458. The lowest BCUT2D eigenvalue weighted by Gasteiger charge is -2.16. The van der Waals surface area contributed by atoms with Crippen LogP contribution in [0.15, 0.2) is 18.2 Å². The first kappa shape index (κ1) is 13.3. The first-order valence-corrected chi connectivity index (χ1v) is 6.35. The molecule has 1 N–H and O–H groups in total. The first-order chi connectivity index (χ1) is 9.09. The predicted octanol–water partition coefficient (Wildman–Crippen LogP) is 1.94. The number of nitrogens with one attached hydrogen (secondary N) is 1. The van der Waals surface area contributed by atoms with E-state index in [1.165, 1.54) is 6.07 Å². The van der Waals surface area contributed by atoms with E-state index < -0.39 is 4.92 Å². The van der Waals surface area contributed by atoms with Gasteiger partial charge in [0.05, 0.1) is 11.5 Å². The maximum Gasteiger partial charge on any atom is 0.292 e. The lowest BCUT2D eigenvalue weighted by molar-refractivity contribution is -0.384. The minimum absolute atomic E-state index is 0.00458.